The van der Waals surface area contributed by atoms with Crippen LogP contribution in [0.25, 0.3) is 0 Å². The second kappa shape index (κ2) is 4.62. The molecule has 0 saturated carbocycles. The van der Waals surface area contributed by atoms with E-state index in [4.69, 9.17) is 4.74 Å². The highest BCUT2D eigenvalue weighted by Crippen LogP contribution is 2.37. The van der Waals surface area contributed by atoms with Crippen molar-refractivity contribution in [2.45, 2.75) is 18.5 Å². The van der Waals surface area contributed by atoms with Gasteiger partial charge in [0.05, 0.1) is 5.56 Å². The minimum Gasteiger partial charge on any atom is -0.363 e. The largest absolute Gasteiger partial charge is 0.435 e. The Hall–Kier alpha value is -0.760. The second-order valence-electron chi connectivity index (χ2n) is 2.98. The van der Waals surface area contributed by atoms with E-state index in [0.717, 1.165) is 7.05 Å². The molecule has 92 valence electrons. The molecule has 0 amide bonds. The molecule has 0 fully saturated rings. The van der Waals surface area contributed by atoms with Gasteiger partial charge in [0.15, 0.2) is 5.69 Å². The SMILES string of the molecule is CCOC(S)c1c(C(F)(F)F)nn(C)c1F. The van der Waals surface area contributed by atoms with E-state index in [1.165, 1.54) is 0 Å². The molecule has 0 aromatic carbocycles. The molecular formula is C8H10F4N2OS. The van der Waals surface area contributed by atoms with Crippen LogP contribution in [0, 0.1) is 5.95 Å². The predicted molar refractivity (Wildman–Crippen MR) is 51.5 cm³/mol. The van der Waals surface area contributed by atoms with Gasteiger partial charge < -0.3 is 4.74 Å². The van der Waals surface area contributed by atoms with E-state index >= 15 is 0 Å². The van der Waals surface area contributed by atoms with Crippen molar-refractivity contribution in [3.63, 3.8) is 0 Å². The van der Waals surface area contributed by atoms with E-state index in [-0.39, 0.29) is 6.61 Å². The molecule has 16 heavy (non-hydrogen) atoms. The van der Waals surface area contributed by atoms with Gasteiger partial charge in [-0.1, -0.05) is 0 Å². The lowest BCUT2D eigenvalue weighted by molar-refractivity contribution is -0.142. The van der Waals surface area contributed by atoms with Crippen molar-refractivity contribution in [3.05, 3.63) is 17.2 Å². The summed E-state index contributed by atoms with van der Waals surface area (Å²) >= 11 is 3.77. The minimum atomic E-state index is -4.73. The molecule has 1 heterocycles. The van der Waals surface area contributed by atoms with E-state index in [2.05, 4.69) is 17.7 Å². The fourth-order valence-electron chi connectivity index (χ4n) is 1.19. The van der Waals surface area contributed by atoms with Crippen LogP contribution in [0.2, 0.25) is 0 Å². The predicted octanol–water partition coefficient (Wildman–Crippen LogP) is 2.54. The van der Waals surface area contributed by atoms with Crippen LogP contribution in [0.5, 0.6) is 0 Å². The highest BCUT2D eigenvalue weighted by Gasteiger charge is 2.41. The maximum absolute atomic E-state index is 13.4. The Balaban J connectivity index is 3.24. The number of rotatable bonds is 3. The van der Waals surface area contributed by atoms with Gasteiger partial charge in [-0.2, -0.15) is 22.7 Å². The van der Waals surface area contributed by atoms with Crippen molar-refractivity contribution in [2.75, 3.05) is 6.61 Å². The van der Waals surface area contributed by atoms with Gasteiger partial charge >= 0.3 is 6.18 Å². The third-order valence-corrected chi connectivity index (χ3v) is 2.26. The van der Waals surface area contributed by atoms with Gasteiger partial charge in [-0.15, -0.1) is 12.6 Å². The first-order valence-corrected chi connectivity index (χ1v) is 4.90. The normalized spacial score (nSPS) is 14.2. The van der Waals surface area contributed by atoms with Crippen LogP contribution in [0.15, 0.2) is 0 Å². The Morgan fingerprint density at radius 3 is 2.50 bits per heavy atom. The third kappa shape index (κ3) is 2.49. The molecule has 0 aliphatic rings. The summed E-state index contributed by atoms with van der Waals surface area (Å²) in [6.07, 6.45) is -4.73. The summed E-state index contributed by atoms with van der Waals surface area (Å²) < 4.78 is 56.3. The average molecular weight is 258 g/mol. The molecule has 0 radical (unpaired) electrons. The smallest absolute Gasteiger partial charge is 0.363 e. The lowest BCUT2D eigenvalue weighted by Gasteiger charge is -2.12. The monoisotopic (exact) mass is 258 g/mol. The topological polar surface area (TPSA) is 27.1 Å². The molecule has 1 unspecified atom stereocenters. The first kappa shape index (κ1) is 13.3. The summed E-state index contributed by atoms with van der Waals surface area (Å²) in [4.78, 5) is 0. The Morgan fingerprint density at radius 2 is 2.06 bits per heavy atom. The van der Waals surface area contributed by atoms with Crippen molar-refractivity contribution >= 4 is 12.6 Å². The highest BCUT2D eigenvalue weighted by atomic mass is 32.1. The van der Waals surface area contributed by atoms with Gasteiger partial charge in [0.2, 0.25) is 5.95 Å². The van der Waals surface area contributed by atoms with Crippen molar-refractivity contribution in [3.8, 4) is 0 Å². The molecule has 0 N–H and O–H groups in total. The van der Waals surface area contributed by atoms with Gasteiger partial charge in [0, 0.05) is 13.7 Å². The number of thiol groups is 1. The van der Waals surface area contributed by atoms with Gasteiger partial charge in [0.25, 0.3) is 0 Å². The fraction of sp³-hybridized carbons (Fsp3) is 0.625. The maximum atomic E-state index is 13.4. The zero-order valence-electron chi connectivity index (χ0n) is 8.55. The van der Waals surface area contributed by atoms with E-state index in [1.54, 1.807) is 6.92 Å². The Bertz CT molecular complexity index is 377. The summed E-state index contributed by atoms with van der Waals surface area (Å²) in [6, 6.07) is 0. The highest BCUT2D eigenvalue weighted by molar-refractivity contribution is 7.80. The maximum Gasteiger partial charge on any atom is 0.435 e. The standard InChI is InChI=1S/C8H10F4N2OS/c1-3-15-7(16)4-5(8(10,11)12)13-14(2)6(4)9/h7,16H,3H2,1-2H3. The number of hydrogen-bond acceptors (Lipinski definition) is 3. The van der Waals surface area contributed by atoms with Crippen molar-refractivity contribution in [1.82, 2.24) is 9.78 Å². The Morgan fingerprint density at radius 1 is 1.50 bits per heavy atom. The molecule has 0 aliphatic carbocycles. The lowest BCUT2D eigenvalue weighted by Crippen LogP contribution is -2.11. The van der Waals surface area contributed by atoms with E-state index < -0.39 is 28.8 Å². The van der Waals surface area contributed by atoms with Crippen LogP contribution in [0.4, 0.5) is 17.6 Å². The Labute approximate surface area is 94.8 Å². The van der Waals surface area contributed by atoms with Crippen LogP contribution in [-0.2, 0) is 18.0 Å². The van der Waals surface area contributed by atoms with E-state index in [9.17, 15) is 17.6 Å². The third-order valence-electron chi connectivity index (χ3n) is 1.85. The summed E-state index contributed by atoms with van der Waals surface area (Å²) in [5, 5.41) is 3.07. The first-order valence-electron chi connectivity index (χ1n) is 4.38. The number of halogens is 4. The molecule has 1 aromatic rings. The molecule has 0 aliphatic heterocycles. The summed E-state index contributed by atoms with van der Waals surface area (Å²) in [7, 11) is 1.08. The van der Waals surface area contributed by atoms with Crippen LogP contribution in [0.1, 0.15) is 23.6 Å². The van der Waals surface area contributed by atoms with Crippen molar-refractivity contribution < 1.29 is 22.3 Å². The summed E-state index contributed by atoms with van der Waals surface area (Å²) in [6.45, 7) is 1.70. The molecule has 3 nitrogen and oxygen atoms in total. The van der Waals surface area contributed by atoms with Crippen molar-refractivity contribution in [1.29, 1.82) is 0 Å². The lowest BCUT2D eigenvalue weighted by atomic mass is 10.2. The van der Waals surface area contributed by atoms with Gasteiger partial charge in [-0.05, 0) is 6.92 Å². The molecule has 1 aromatic heterocycles. The quantitative estimate of drug-likeness (QED) is 0.512. The molecule has 0 spiro atoms. The first-order chi connectivity index (χ1) is 7.29. The number of alkyl halides is 3. The second-order valence-corrected chi connectivity index (χ2v) is 3.45. The van der Waals surface area contributed by atoms with Crippen LogP contribution < -0.4 is 0 Å². The molecular weight excluding hydrogens is 248 g/mol. The van der Waals surface area contributed by atoms with Gasteiger partial charge in [-0.25, -0.2) is 4.68 Å². The molecule has 1 rings (SSSR count). The van der Waals surface area contributed by atoms with Crippen LogP contribution >= 0.6 is 12.6 Å². The molecule has 8 heteroatoms. The van der Waals surface area contributed by atoms with Crippen LogP contribution in [-0.4, -0.2) is 16.4 Å². The van der Waals surface area contributed by atoms with E-state index in [0.29, 0.717) is 4.68 Å². The minimum absolute atomic E-state index is 0.125. The Kier molecular flexibility index (Phi) is 3.84. The van der Waals surface area contributed by atoms with Crippen LogP contribution in [0.3, 0.4) is 0 Å². The zero-order chi connectivity index (χ0) is 12.5. The van der Waals surface area contributed by atoms with Crippen molar-refractivity contribution in [2.24, 2.45) is 7.05 Å². The number of hydrogen-bond donors (Lipinski definition) is 1. The number of ether oxygens (including phenoxy) is 1. The molecule has 0 saturated heterocycles. The number of aromatic nitrogens is 2. The summed E-state index contributed by atoms with van der Waals surface area (Å²) in [5.74, 6) is -1.10. The molecule has 1 atom stereocenters. The van der Waals surface area contributed by atoms with E-state index in [1.807, 2.05) is 0 Å². The number of aryl methyl sites for hydroxylation is 1. The van der Waals surface area contributed by atoms with Gasteiger partial charge in [0.1, 0.15) is 5.44 Å². The fourth-order valence-corrected chi connectivity index (χ4v) is 1.57. The zero-order valence-corrected chi connectivity index (χ0v) is 9.44. The average Bonchev–Trinajstić information content (AvgIpc) is 2.43. The molecule has 0 bridgehead atoms. The van der Waals surface area contributed by atoms with Gasteiger partial charge in [-0.3, -0.25) is 0 Å². The summed E-state index contributed by atoms with van der Waals surface area (Å²) in [5.41, 5.74) is -3.27. The number of nitrogens with zero attached hydrogens (tertiary/aromatic N) is 2.